The molecule has 0 amide bonds. The van der Waals surface area contributed by atoms with Crippen molar-refractivity contribution in [3.05, 3.63) is 28.5 Å². The first-order valence-electron chi connectivity index (χ1n) is 4.21. The van der Waals surface area contributed by atoms with Crippen molar-refractivity contribution in [1.82, 2.24) is 10.3 Å². The molecule has 2 heterocycles. The Balaban J connectivity index is 2.21. The maximum Gasteiger partial charge on any atom is 0.106 e. The Morgan fingerprint density at radius 3 is 3.17 bits per heavy atom. The van der Waals surface area contributed by atoms with E-state index in [9.17, 15) is 0 Å². The van der Waals surface area contributed by atoms with Gasteiger partial charge in [-0.1, -0.05) is 0 Å². The fourth-order valence-corrected chi connectivity index (χ4v) is 1.99. The minimum Gasteiger partial charge on any atom is -0.310 e. The first-order valence-corrected chi connectivity index (χ1v) is 5.00. The molecular formula is C9H11BrN2. The van der Waals surface area contributed by atoms with Crippen LogP contribution >= 0.6 is 15.9 Å². The lowest BCUT2D eigenvalue weighted by molar-refractivity contribution is 0.646. The summed E-state index contributed by atoms with van der Waals surface area (Å²) in [4.78, 5) is 4.10. The third kappa shape index (κ3) is 1.67. The van der Waals surface area contributed by atoms with Crippen LogP contribution in [0, 0.1) is 0 Å². The SMILES string of the molecule is Brc1cc([C@H]2CCCN2)ccn1. The molecule has 3 heteroatoms. The average Bonchev–Trinajstić information content (AvgIpc) is 2.56. The van der Waals surface area contributed by atoms with Crippen molar-refractivity contribution in [3.63, 3.8) is 0 Å². The van der Waals surface area contributed by atoms with Gasteiger partial charge in [0.25, 0.3) is 0 Å². The molecule has 12 heavy (non-hydrogen) atoms. The molecule has 1 aliphatic heterocycles. The molecule has 0 aliphatic carbocycles. The second kappa shape index (κ2) is 3.54. The molecule has 1 fully saturated rings. The van der Waals surface area contributed by atoms with Crippen molar-refractivity contribution in [2.45, 2.75) is 18.9 Å². The molecule has 1 aliphatic rings. The Kier molecular flexibility index (Phi) is 2.42. The minimum atomic E-state index is 0.546. The monoisotopic (exact) mass is 226 g/mol. The fraction of sp³-hybridized carbons (Fsp3) is 0.444. The van der Waals surface area contributed by atoms with Gasteiger partial charge in [-0.05, 0) is 53.0 Å². The Labute approximate surface area is 80.5 Å². The number of aromatic nitrogens is 1. The molecule has 0 radical (unpaired) electrons. The smallest absolute Gasteiger partial charge is 0.106 e. The summed E-state index contributed by atoms with van der Waals surface area (Å²) in [5.41, 5.74) is 1.34. The summed E-state index contributed by atoms with van der Waals surface area (Å²) in [5, 5.41) is 3.45. The van der Waals surface area contributed by atoms with E-state index >= 15 is 0 Å². The molecule has 1 saturated heterocycles. The van der Waals surface area contributed by atoms with Crippen molar-refractivity contribution in [3.8, 4) is 0 Å². The van der Waals surface area contributed by atoms with E-state index in [0.717, 1.165) is 11.1 Å². The van der Waals surface area contributed by atoms with Gasteiger partial charge < -0.3 is 5.32 Å². The Morgan fingerprint density at radius 1 is 1.58 bits per heavy atom. The molecular weight excluding hydrogens is 216 g/mol. The van der Waals surface area contributed by atoms with E-state index in [1.165, 1.54) is 18.4 Å². The molecule has 2 rings (SSSR count). The molecule has 0 aromatic carbocycles. The van der Waals surface area contributed by atoms with Crippen molar-refractivity contribution in [2.24, 2.45) is 0 Å². The van der Waals surface area contributed by atoms with E-state index in [0.29, 0.717) is 6.04 Å². The highest BCUT2D eigenvalue weighted by Gasteiger charge is 2.15. The lowest BCUT2D eigenvalue weighted by Gasteiger charge is -2.09. The van der Waals surface area contributed by atoms with Crippen LogP contribution in [0.2, 0.25) is 0 Å². The minimum absolute atomic E-state index is 0.546. The molecule has 0 bridgehead atoms. The summed E-state index contributed by atoms with van der Waals surface area (Å²) < 4.78 is 0.925. The Bertz CT molecular complexity index is 269. The van der Waals surface area contributed by atoms with Gasteiger partial charge in [-0.2, -0.15) is 0 Å². The van der Waals surface area contributed by atoms with Gasteiger partial charge in [0.15, 0.2) is 0 Å². The first kappa shape index (κ1) is 8.20. The van der Waals surface area contributed by atoms with E-state index in [4.69, 9.17) is 0 Å². The molecule has 64 valence electrons. The lowest BCUT2D eigenvalue weighted by Crippen LogP contribution is -2.12. The largest absolute Gasteiger partial charge is 0.310 e. The van der Waals surface area contributed by atoms with Crippen molar-refractivity contribution < 1.29 is 0 Å². The summed E-state index contributed by atoms with van der Waals surface area (Å²) in [6, 6.07) is 4.71. The summed E-state index contributed by atoms with van der Waals surface area (Å²) in [6.45, 7) is 1.14. The highest BCUT2D eigenvalue weighted by atomic mass is 79.9. The summed E-state index contributed by atoms with van der Waals surface area (Å²) in [6.07, 6.45) is 4.38. The summed E-state index contributed by atoms with van der Waals surface area (Å²) in [5.74, 6) is 0. The van der Waals surface area contributed by atoms with Crippen molar-refractivity contribution in [2.75, 3.05) is 6.54 Å². The van der Waals surface area contributed by atoms with Crippen molar-refractivity contribution >= 4 is 15.9 Å². The molecule has 2 nitrogen and oxygen atoms in total. The van der Waals surface area contributed by atoms with Crippen LogP contribution < -0.4 is 5.32 Å². The highest BCUT2D eigenvalue weighted by molar-refractivity contribution is 9.10. The Hall–Kier alpha value is -0.410. The van der Waals surface area contributed by atoms with Crippen LogP contribution in [-0.2, 0) is 0 Å². The number of rotatable bonds is 1. The first-order chi connectivity index (χ1) is 5.86. The van der Waals surface area contributed by atoms with Gasteiger partial charge in [-0.15, -0.1) is 0 Å². The van der Waals surface area contributed by atoms with E-state index in [-0.39, 0.29) is 0 Å². The van der Waals surface area contributed by atoms with E-state index in [1.807, 2.05) is 6.20 Å². The molecule has 0 saturated carbocycles. The zero-order valence-corrected chi connectivity index (χ0v) is 8.34. The number of pyridine rings is 1. The number of halogens is 1. The van der Waals surface area contributed by atoms with Gasteiger partial charge in [-0.25, -0.2) is 4.98 Å². The van der Waals surface area contributed by atoms with Gasteiger partial charge in [0, 0.05) is 12.2 Å². The van der Waals surface area contributed by atoms with Gasteiger partial charge in [-0.3, -0.25) is 0 Å². The van der Waals surface area contributed by atoms with Crippen LogP contribution in [-0.4, -0.2) is 11.5 Å². The molecule has 1 atom stereocenters. The van der Waals surface area contributed by atoms with Crippen LogP contribution in [0.3, 0.4) is 0 Å². The van der Waals surface area contributed by atoms with Gasteiger partial charge in [0.1, 0.15) is 4.60 Å². The lowest BCUT2D eigenvalue weighted by atomic mass is 10.1. The molecule has 0 unspecified atom stereocenters. The number of hydrogen-bond acceptors (Lipinski definition) is 2. The average molecular weight is 227 g/mol. The van der Waals surface area contributed by atoms with Crippen LogP contribution in [0.1, 0.15) is 24.4 Å². The van der Waals surface area contributed by atoms with Crippen LogP contribution in [0.5, 0.6) is 0 Å². The fourth-order valence-electron chi connectivity index (χ4n) is 1.60. The number of nitrogens with one attached hydrogen (secondary N) is 1. The predicted octanol–water partition coefficient (Wildman–Crippen LogP) is 2.27. The third-order valence-electron chi connectivity index (χ3n) is 2.21. The van der Waals surface area contributed by atoms with E-state index in [2.05, 4.69) is 38.4 Å². The predicted molar refractivity (Wildman–Crippen MR) is 51.9 cm³/mol. The molecule has 1 N–H and O–H groups in total. The highest BCUT2D eigenvalue weighted by Crippen LogP contribution is 2.23. The van der Waals surface area contributed by atoms with Crippen LogP contribution in [0.15, 0.2) is 22.9 Å². The zero-order valence-electron chi connectivity index (χ0n) is 6.76. The standard InChI is InChI=1S/C9H11BrN2/c10-9-6-7(3-5-12-9)8-2-1-4-11-8/h3,5-6,8,11H,1-2,4H2/t8-/m1/s1. The summed E-state index contributed by atoms with van der Waals surface area (Å²) in [7, 11) is 0. The quantitative estimate of drug-likeness (QED) is 0.744. The summed E-state index contributed by atoms with van der Waals surface area (Å²) >= 11 is 3.37. The second-order valence-electron chi connectivity index (χ2n) is 3.06. The van der Waals surface area contributed by atoms with Crippen molar-refractivity contribution in [1.29, 1.82) is 0 Å². The van der Waals surface area contributed by atoms with E-state index in [1.54, 1.807) is 0 Å². The maximum absolute atomic E-state index is 4.10. The number of nitrogens with zero attached hydrogens (tertiary/aromatic N) is 1. The zero-order chi connectivity index (χ0) is 8.39. The van der Waals surface area contributed by atoms with Gasteiger partial charge >= 0.3 is 0 Å². The number of hydrogen-bond donors (Lipinski definition) is 1. The van der Waals surface area contributed by atoms with Crippen LogP contribution in [0.25, 0.3) is 0 Å². The molecule has 0 spiro atoms. The molecule has 1 aromatic heterocycles. The Morgan fingerprint density at radius 2 is 2.50 bits per heavy atom. The van der Waals surface area contributed by atoms with Crippen LogP contribution in [0.4, 0.5) is 0 Å². The van der Waals surface area contributed by atoms with Gasteiger partial charge in [0.2, 0.25) is 0 Å². The van der Waals surface area contributed by atoms with Gasteiger partial charge in [0.05, 0.1) is 0 Å². The third-order valence-corrected chi connectivity index (χ3v) is 2.65. The second-order valence-corrected chi connectivity index (χ2v) is 3.87. The van der Waals surface area contributed by atoms with E-state index < -0.39 is 0 Å². The maximum atomic E-state index is 4.10. The topological polar surface area (TPSA) is 24.9 Å². The molecule has 1 aromatic rings. The normalized spacial score (nSPS) is 22.9.